The number of H-pyrrole nitrogens is 1. The van der Waals surface area contributed by atoms with Crippen LogP contribution in [0.2, 0.25) is 0 Å². The van der Waals surface area contributed by atoms with Crippen LogP contribution in [0.5, 0.6) is 5.75 Å². The van der Waals surface area contributed by atoms with Crippen LogP contribution < -0.4 is 10.3 Å². The molecule has 0 bridgehead atoms. The Balaban J connectivity index is 2.18. The molecule has 5 heteroatoms. The van der Waals surface area contributed by atoms with E-state index in [9.17, 15) is 4.79 Å². The van der Waals surface area contributed by atoms with Gasteiger partial charge in [0, 0.05) is 6.42 Å². The summed E-state index contributed by atoms with van der Waals surface area (Å²) < 4.78 is 6.55. The SMILES string of the molecule is CCc1nc(-c2cccc3c2OC(C)(C)C3)[nH]c(=O)c1Br. The van der Waals surface area contributed by atoms with Crippen molar-refractivity contribution in [2.24, 2.45) is 0 Å². The molecule has 0 atom stereocenters. The van der Waals surface area contributed by atoms with Gasteiger partial charge in [0.2, 0.25) is 0 Å². The lowest BCUT2D eigenvalue weighted by atomic mass is 10.0. The molecule has 4 nitrogen and oxygen atoms in total. The van der Waals surface area contributed by atoms with Crippen LogP contribution in [0.15, 0.2) is 27.5 Å². The van der Waals surface area contributed by atoms with Crippen molar-refractivity contribution in [3.63, 3.8) is 0 Å². The summed E-state index contributed by atoms with van der Waals surface area (Å²) in [5.41, 5.74) is 2.37. The fourth-order valence-electron chi connectivity index (χ4n) is 2.67. The molecule has 1 N–H and O–H groups in total. The number of benzene rings is 1. The molecule has 110 valence electrons. The van der Waals surface area contributed by atoms with Gasteiger partial charge in [-0.1, -0.05) is 19.1 Å². The largest absolute Gasteiger partial charge is 0.486 e. The van der Waals surface area contributed by atoms with Crippen LogP contribution >= 0.6 is 15.9 Å². The molecule has 0 fully saturated rings. The van der Waals surface area contributed by atoms with E-state index in [-0.39, 0.29) is 11.2 Å². The average molecular weight is 349 g/mol. The summed E-state index contributed by atoms with van der Waals surface area (Å²) >= 11 is 3.29. The lowest BCUT2D eigenvalue weighted by molar-refractivity contribution is 0.139. The van der Waals surface area contributed by atoms with E-state index < -0.39 is 0 Å². The van der Waals surface area contributed by atoms with Crippen LogP contribution in [0.3, 0.4) is 0 Å². The summed E-state index contributed by atoms with van der Waals surface area (Å²) in [6.07, 6.45) is 1.55. The van der Waals surface area contributed by atoms with E-state index in [1.807, 2.05) is 19.1 Å². The van der Waals surface area contributed by atoms with Gasteiger partial charge in [-0.15, -0.1) is 0 Å². The number of halogens is 1. The second-order valence-corrected chi connectivity index (χ2v) is 6.65. The lowest BCUT2D eigenvalue weighted by Gasteiger charge is -2.18. The Labute approximate surface area is 131 Å². The van der Waals surface area contributed by atoms with Gasteiger partial charge >= 0.3 is 0 Å². The second kappa shape index (κ2) is 4.98. The highest BCUT2D eigenvalue weighted by Crippen LogP contribution is 2.41. The molecule has 0 spiro atoms. The number of nitrogens with zero attached hydrogens (tertiary/aromatic N) is 1. The standard InChI is InChI=1S/C16H17BrN2O2/c1-4-11-12(17)15(20)19-14(18-11)10-7-5-6-9-8-16(2,3)21-13(9)10/h5-7H,4,8H2,1-3H3,(H,18,19,20). The molecular weight excluding hydrogens is 332 g/mol. The monoisotopic (exact) mass is 348 g/mol. The van der Waals surface area contributed by atoms with Crippen molar-refractivity contribution in [2.75, 3.05) is 0 Å². The van der Waals surface area contributed by atoms with Crippen LogP contribution in [0.1, 0.15) is 32.0 Å². The highest BCUT2D eigenvalue weighted by atomic mass is 79.9. The second-order valence-electron chi connectivity index (χ2n) is 5.86. The van der Waals surface area contributed by atoms with Crippen molar-refractivity contribution >= 4 is 15.9 Å². The molecule has 0 saturated carbocycles. The van der Waals surface area contributed by atoms with Gasteiger partial charge in [-0.3, -0.25) is 4.79 Å². The van der Waals surface area contributed by atoms with Crippen molar-refractivity contribution in [1.29, 1.82) is 0 Å². The highest BCUT2D eigenvalue weighted by molar-refractivity contribution is 9.10. The number of nitrogens with one attached hydrogen (secondary N) is 1. The molecule has 1 aromatic carbocycles. The summed E-state index contributed by atoms with van der Waals surface area (Å²) in [4.78, 5) is 19.4. The number of para-hydroxylation sites is 1. The third-order valence-corrected chi connectivity index (χ3v) is 4.43. The Morgan fingerprint density at radius 2 is 2.19 bits per heavy atom. The molecule has 1 aliphatic heterocycles. The number of rotatable bonds is 2. The zero-order valence-electron chi connectivity index (χ0n) is 12.3. The predicted octanol–water partition coefficient (Wildman–Crippen LogP) is 3.48. The first-order chi connectivity index (χ1) is 9.91. The molecule has 0 amide bonds. The molecule has 1 aliphatic rings. The van der Waals surface area contributed by atoms with Crippen LogP contribution in [-0.4, -0.2) is 15.6 Å². The number of aromatic nitrogens is 2. The number of hydrogen-bond donors (Lipinski definition) is 1. The minimum absolute atomic E-state index is 0.160. The number of fused-ring (bicyclic) bond motifs is 1. The Morgan fingerprint density at radius 3 is 2.90 bits per heavy atom. The van der Waals surface area contributed by atoms with Crippen LogP contribution in [0.25, 0.3) is 11.4 Å². The predicted molar refractivity (Wildman–Crippen MR) is 85.8 cm³/mol. The summed E-state index contributed by atoms with van der Waals surface area (Å²) in [6, 6.07) is 5.98. The van der Waals surface area contributed by atoms with E-state index >= 15 is 0 Å². The van der Waals surface area contributed by atoms with E-state index in [1.165, 1.54) is 0 Å². The topological polar surface area (TPSA) is 55.0 Å². The average Bonchev–Trinajstić information content (AvgIpc) is 2.75. The zero-order valence-corrected chi connectivity index (χ0v) is 13.9. The molecule has 2 heterocycles. The van der Waals surface area contributed by atoms with Gasteiger partial charge in [0.05, 0.1) is 11.3 Å². The fraction of sp³-hybridized carbons (Fsp3) is 0.375. The number of aryl methyl sites for hydroxylation is 1. The third-order valence-electron chi connectivity index (χ3n) is 3.61. The quantitative estimate of drug-likeness (QED) is 0.903. The van der Waals surface area contributed by atoms with Crippen molar-refractivity contribution < 1.29 is 4.74 Å². The molecule has 0 radical (unpaired) electrons. The molecule has 1 aromatic heterocycles. The van der Waals surface area contributed by atoms with Crippen molar-refractivity contribution in [3.8, 4) is 17.1 Å². The Bertz CT molecular complexity index is 765. The van der Waals surface area contributed by atoms with E-state index in [0.717, 1.165) is 29.0 Å². The molecule has 21 heavy (non-hydrogen) atoms. The van der Waals surface area contributed by atoms with Gasteiger partial charge < -0.3 is 9.72 Å². The third kappa shape index (κ3) is 2.50. The van der Waals surface area contributed by atoms with E-state index in [4.69, 9.17) is 4.74 Å². The Kier molecular flexibility index (Phi) is 3.40. The number of hydrogen-bond acceptors (Lipinski definition) is 3. The molecule has 3 rings (SSSR count). The van der Waals surface area contributed by atoms with Crippen LogP contribution in [0, 0.1) is 0 Å². The molecule has 0 saturated heterocycles. The van der Waals surface area contributed by atoms with Gasteiger partial charge in [0.15, 0.2) is 0 Å². The normalized spacial score (nSPS) is 15.6. The van der Waals surface area contributed by atoms with E-state index in [1.54, 1.807) is 0 Å². The van der Waals surface area contributed by atoms with Gasteiger partial charge in [0.1, 0.15) is 21.6 Å². The first kappa shape index (κ1) is 14.3. The first-order valence-corrected chi connectivity index (χ1v) is 7.80. The summed E-state index contributed by atoms with van der Waals surface area (Å²) in [5, 5.41) is 0. The van der Waals surface area contributed by atoms with Crippen molar-refractivity contribution in [1.82, 2.24) is 9.97 Å². The number of aromatic amines is 1. The minimum atomic E-state index is -0.221. The Hall–Kier alpha value is -1.62. The summed E-state index contributed by atoms with van der Waals surface area (Å²) in [7, 11) is 0. The maximum Gasteiger partial charge on any atom is 0.265 e. The molecule has 0 aliphatic carbocycles. The summed E-state index contributed by atoms with van der Waals surface area (Å²) in [5.74, 6) is 1.39. The van der Waals surface area contributed by atoms with E-state index in [0.29, 0.717) is 16.7 Å². The van der Waals surface area contributed by atoms with Gasteiger partial charge in [0.25, 0.3) is 5.56 Å². The molecular formula is C16H17BrN2O2. The van der Waals surface area contributed by atoms with Gasteiger partial charge in [-0.2, -0.15) is 0 Å². The minimum Gasteiger partial charge on any atom is -0.486 e. The maximum atomic E-state index is 12.0. The van der Waals surface area contributed by atoms with Crippen LogP contribution in [-0.2, 0) is 12.8 Å². The number of ether oxygens (including phenoxy) is 1. The summed E-state index contributed by atoms with van der Waals surface area (Å²) in [6.45, 7) is 6.10. The smallest absolute Gasteiger partial charge is 0.265 e. The molecule has 0 unspecified atom stereocenters. The van der Waals surface area contributed by atoms with Crippen LogP contribution in [0.4, 0.5) is 0 Å². The first-order valence-electron chi connectivity index (χ1n) is 7.01. The maximum absolute atomic E-state index is 12.0. The lowest BCUT2D eigenvalue weighted by Crippen LogP contribution is -2.24. The zero-order chi connectivity index (χ0) is 15.2. The fourth-order valence-corrected chi connectivity index (χ4v) is 3.14. The molecule has 2 aromatic rings. The van der Waals surface area contributed by atoms with Crippen molar-refractivity contribution in [3.05, 3.63) is 44.3 Å². The van der Waals surface area contributed by atoms with Crippen molar-refractivity contribution in [2.45, 2.75) is 39.2 Å². The van der Waals surface area contributed by atoms with Gasteiger partial charge in [-0.05, 0) is 47.8 Å². The highest BCUT2D eigenvalue weighted by Gasteiger charge is 2.32. The van der Waals surface area contributed by atoms with Gasteiger partial charge in [-0.25, -0.2) is 4.98 Å². The van der Waals surface area contributed by atoms with E-state index in [2.05, 4.69) is 45.8 Å². The Morgan fingerprint density at radius 1 is 1.43 bits per heavy atom.